The van der Waals surface area contributed by atoms with Crippen LogP contribution in [0.15, 0.2) is 24.3 Å². The molecule has 0 bridgehead atoms. The fourth-order valence-corrected chi connectivity index (χ4v) is 1.84. The van der Waals surface area contributed by atoms with E-state index in [0.29, 0.717) is 0 Å². The zero-order chi connectivity index (χ0) is 14.1. The lowest BCUT2D eigenvalue weighted by molar-refractivity contribution is -0.0458. The van der Waals surface area contributed by atoms with Gasteiger partial charge in [-0.3, -0.25) is 0 Å². The van der Waals surface area contributed by atoms with Crippen LogP contribution in [0.4, 0.5) is 0 Å². The van der Waals surface area contributed by atoms with Gasteiger partial charge in [-0.25, -0.2) is 0 Å². The van der Waals surface area contributed by atoms with E-state index in [-0.39, 0.29) is 10.8 Å². The molecule has 2 N–H and O–H groups in total. The van der Waals surface area contributed by atoms with E-state index in [1.165, 1.54) is 5.56 Å². The van der Waals surface area contributed by atoms with Gasteiger partial charge in [0.15, 0.2) is 0 Å². The molecule has 102 valence electrons. The topological polar surface area (TPSA) is 40.5 Å². The maximum atomic E-state index is 10.2. The van der Waals surface area contributed by atoms with Crippen LogP contribution in [0.2, 0.25) is 0 Å². The second kappa shape index (κ2) is 5.02. The Morgan fingerprint density at radius 2 is 1.28 bits per heavy atom. The summed E-state index contributed by atoms with van der Waals surface area (Å²) < 4.78 is 0. The molecular weight excluding hydrogens is 224 g/mol. The molecule has 2 nitrogen and oxygen atoms in total. The van der Waals surface area contributed by atoms with Crippen LogP contribution in [0.25, 0.3) is 0 Å². The number of hydrogen-bond acceptors (Lipinski definition) is 2. The molecule has 0 amide bonds. The van der Waals surface area contributed by atoms with E-state index in [9.17, 15) is 10.2 Å². The highest BCUT2D eigenvalue weighted by Gasteiger charge is 2.30. The van der Waals surface area contributed by atoms with Crippen molar-refractivity contribution in [1.29, 1.82) is 0 Å². The minimum atomic E-state index is -0.834. The van der Waals surface area contributed by atoms with Crippen molar-refractivity contribution in [2.45, 2.75) is 59.2 Å². The molecule has 2 unspecified atom stereocenters. The average molecular weight is 250 g/mol. The van der Waals surface area contributed by atoms with Crippen LogP contribution in [-0.2, 0) is 5.41 Å². The Hall–Kier alpha value is -0.860. The van der Waals surface area contributed by atoms with Crippen LogP contribution in [0, 0.1) is 5.41 Å². The van der Waals surface area contributed by atoms with E-state index in [2.05, 4.69) is 20.8 Å². The minimum Gasteiger partial charge on any atom is -0.390 e. The first-order valence-corrected chi connectivity index (χ1v) is 6.50. The highest BCUT2D eigenvalue weighted by atomic mass is 16.3. The molecule has 1 rings (SSSR count). The zero-order valence-corrected chi connectivity index (χ0v) is 12.4. The zero-order valence-electron chi connectivity index (χ0n) is 12.4. The SMILES string of the molecule is CC(C)(C)c1ccc(C(O)C(O)C(C)(C)C)cc1. The summed E-state index contributed by atoms with van der Waals surface area (Å²) in [4.78, 5) is 0. The number of hydrogen-bond donors (Lipinski definition) is 2. The fourth-order valence-electron chi connectivity index (χ4n) is 1.84. The lowest BCUT2D eigenvalue weighted by Gasteiger charge is -2.30. The highest BCUT2D eigenvalue weighted by molar-refractivity contribution is 5.29. The predicted molar refractivity (Wildman–Crippen MR) is 75.6 cm³/mol. The molecule has 0 saturated carbocycles. The Morgan fingerprint density at radius 3 is 1.61 bits per heavy atom. The van der Waals surface area contributed by atoms with E-state index in [1.807, 2.05) is 45.0 Å². The quantitative estimate of drug-likeness (QED) is 0.844. The normalized spacial score (nSPS) is 16.4. The summed E-state index contributed by atoms with van der Waals surface area (Å²) >= 11 is 0. The monoisotopic (exact) mass is 250 g/mol. The molecule has 0 aliphatic rings. The molecule has 0 aromatic heterocycles. The second-order valence-electron chi connectivity index (χ2n) is 7.13. The lowest BCUT2D eigenvalue weighted by atomic mass is 9.82. The molecule has 0 heterocycles. The van der Waals surface area contributed by atoms with Gasteiger partial charge in [-0.15, -0.1) is 0 Å². The van der Waals surface area contributed by atoms with Crippen molar-refractivity contribution in [3.05, 3.63) is 35.4 Å². The van der Waals surface area contributed by atoms with E-state index >= 15 is 0 Å². The molecule has 0 aliphatic heterocycles. The molecule has 18 heavy (non-hydrogen) atoms. The smallest absolute Gasteiger partial charge is 0.105 e. The third kappa shape index (κ3) is 3.56. The first kappa shape index (κ1) is 15.2. The first-order valence-electron chi connectivity index (χ1n) is 6.50. The maximum Gasteiger partial charge on any atom is 0.105 e. The maximum absolute atomic E-state index is 10.2. The Labute approximate surface area is 111 Å². The van der Waals surface area contributed by atoms with Crippen molar-refractivity contribution < 1.29 is 10.2 Å². The molecule has 2 heteroatoms. The third-order valence-electron chi connectivity index (χ3n) is 3.30. The highest BCUT2D eigenvalue weighted by Crippen LogP contribution is 2.31. The van der Waals surface area contributed by atoms with Crippen molar-refractivity contribution in [1.82, 2.24) is 0 Å². The summed E-state index contributed by atoms with van der Waals surface area (Å²) in [7, 11) is 0. The third-order valence-corrected chi connectivity index (χ3v) is 3.30. The summed E-state index contributed by atoms with van der Waals surface area (Å²) in [6.07, 6.45) is -1.60. The Morgan fingerprint density at radius 1 is 0.833 bits per heavy atom. The van der Waals surface area contributed by atoms with Gasteiger partial charge in [0.05, 0.1) is 6.10 Å². The van der Waals surface area contributed by atoms with Gasteiger partial charge in [0.25, 0.3) is 0 Å². The van der Waals surface area contributed by atoms with Crippen LogP contribution in [0.1, 0.15) is 58.8 Å². The lowest BCUT2D eigenvalue weighted by Crippen LogP contribution is -2.32. The van der Waals surface area contributed by atoms with Gasteiger partial charge in [0.2, 0.25) is 0 Å². The summed E-state index contributed by atoms with van der Waals surface area (Å²) in [5.41, 5.74) is 1.77. The molecule has 0 aliphatic carbocycles. The van der Waals surface area contributed by atoms with Crippen LogP contribution < -0.4 is 0 Å². The van der Waals surface area contributed by atoms with Crippen molar-refractivity contribution in [3.63, 3.8) is 0 Å². The minimum absolute atomic E-state index is 0.103. The fraction of sp³-hybridized carbons (Fsp3) is 0.625. The van der Waals surface area contributed by atoms with Crippen molar-refractivity contribution in [3.8, 4) is 0 Å². The van der Waals surface area contributed by atoms with Gasteiger partial charge in [-0.05, 0) is 22.0 Å². The van der Waals surface area contributed by atoms with Gasteiger partial charge >= 0.3 is 0 Å². The summed E-state index contributed by atoms with van der Waals surface area (Å²) in [5, 5.41) is 20.3. The molecule has 2 atom stereocenters. The molecule has 0 spiro atoms. The largest absolute Gasteiger partial charge is 0.390 e. The Bertz CT molecular complexity index is 379. The predicted octanol–water partition coefficient (Wildman–Crippen LogP) is 3.42. The number of rotatable bonds is 2. The van der Waals surface area contributed by atoms with Gasteiger partial charge in [-0.2, -0.15) is 0 Å². The molecule has 0 radical (unpaired) electrons. The average Bonchev–Trinajstić information content (AvgIpc) is 2.25. The number of aliphatic hydroxyl groups is 2. The Balaban J connectivity index is 2.93. The van der Waals surface area contributed by atoms with Gasteiger partial charge in [0, 0.05) is 0 Å². The van der Waals surface area contributed by atoms with Crippen molar-refractivity contribution in [2.24, 2.45) is 5.41 Å². The molecule has 0 fully saturated rings. The van der Waals surface area contributed by atoms with E-state index in [4.69, 9.17) is 0 Å². The summed E-state index contributed by atoms with van der Waals surface area (Å²) in [6.45, 7) is 12.2. The van der Waals surface area contributed by atoms with Gasteiger partial charge < -0.3 is 10.2 Å². The number of aliphatic hydroxyl groups excluding tert-OH is 2. The van der Waals surface area contributed by atoms with E-state index < -0.39 is 12.2 Å². The second-order valence-corrected chi connectivity index (χ2v) is 7.13. The van der Waals surface area contributed by atoms with E-state index in [1.54, 1.807) is 0 Å². The molecule has 0 saturated heterocycles. The summed E-state index contributed by atoms with van der Waals surface area (Å²) in [6, 6.07) is 7.85. The van der Waals surface area contributed by atoms with Gasteiger partial charge in [-0.1, -0.05) is 65.8 Å². The Kier molecular flexibility index (Phi) is 4.24. The molecule has 1 aromatic carbocycles. The standard InChI is InChI=1S/C16H26O2/c1-15(2,3)12-9-7-11(8-10-12)13(17)14(18)16(4,5)6/h7-10,13-14,17-18H,1-6H3. The van der Waals surface area contributed by atoms with Crippen LogP contribution in [0.3, 0.4) is 0 Å². The molecule has 1 aromatic rings. The van der Waals surface area contributed by atoms with E-state index in [0.717, 1.165) is 5.56 Å². The van der Waals surface area contributed by atoms with Gasteiger partial charge in [0.1, 0.15) is 6.10 Å². The van der Waals surface area contributed by atoms with Crippen molar-refractivity contribution >= 4 is 0 Å². The number of benzene rings is 1. The molecular formula is C16H26O2. The first-order chi connectivity index (χ1) is 8.03. The van der Waals surface area contributed by atoms with Crippen LogP contribution >= 0.6 is 0 Å². The van der Waals surface area contributed by atoms with Crippen LogP contribution in [-0.4, -0.2) is 16.3 Å². The summed E-state index contributed by atoms with van der Waals surface area (Å²) in [5.74, 6) is 0. The van der Waals surface area contributed by atoms with Crippen molar-refractivity contribution in [2.75, 3.05) is 0 Å². The van der Waals surface area contributed by atoms with Crippen LogP contribution in [0.5, 0.6) is 0 Å².